The number of amides is 2. The Morgan fingerprint density at radius 1 is 1.04 bits per heavy atom. The van der Waals surface area contributed by atoms with Crippen molar-refractivity contribution in [1.82, 2.24) is 29.1 Å². The molecule has 4 aromatic rings. The monoisotopic (exact) mass is 705 g/mol. The first-order valence-corrected chi connectivity index (χ1v) is 16.4. The van der Waals surface area contributed by atoms with Crippen molar-refractivity contribution in [2.45, 2.75) is 32.7 Å². The first kappa shape index (κ1) is 33.5. The Labute approximate surface area is 290 Å². The number of aryl methyl sites for hydroxylation is 2. The van der Waals surface area contributed by atoms with E-state index < -0.39 is 34.5 Å². The Morgan fingerprint density at radius 2 is 1.72 bits per heavy atom. The third-order valence-electron chi connectivity index (χ3n) is 10.2. The number of methoxy groups -OCH3 is 1. The molecule has 260 valence electrons. The second kappa shape index (κ2) is 12.1. The molecule has 1 spiro atoms. The number of rotatable bonds is 6. The molecule has 2 saturated heterocycles. The second-order valence-electron chi connectivity index (χ2n) is 13.4. The molecule has 2 aliphatic heterocycles. The van der Waals surface area contributed by atoms with Crippen molar-refractivity contribution >= 4 is 29.1 Å². The van der Waals surface area contributed by atoms with Crippen LogP contribution in [0.2, 0.25) is 5.02 Å². The summed E-state index contributed by atoms with van der Waals surface area (Å²) >= 11 is 6.90. The molecule has 15 heteroatoms. The molecular weight excluding hydrogens is 672 g/mol. The topological polar surface area (TPSA) is 132 Å². The molecule has 1 atom stereocenters. The zero-order valence-corrected chi connectivity index (χ0v) is 28.8. The molecule has 1 aliphatic carbocycles. The average molecular weight is 706 g/mol. The molecule has 0 bridgehead atoms. The van der Waals surface area contributed by atoms with Gasteiger partial charge in [0.1, 0.15) is 11.6 Å². The van der Waals surface area contributed by atoms with Crippen LogP contribution in [0.5, 0.6) is 5.88 Å². The molecule has 12 nitrogen and oxygen atoms in total. The number of ether oxygens (including phenoxy) is 1. The summed E-state index contributed by atoms with van der Waals surface area (Å²) in [6.07, 6.45) is 1.64. The molecule has 3 aliphatic rings. The van der Waals surface area contributed by atoms with Crippen LogP contribution < -0.4 is 21.3 Å². The smallest absolute Gasteiger partial charge is 0.346 e. The molecule has 2 aromatic carbocycles. The quantitative estimate of drug-likeness (QED) is 0.320. The highest BCUT2D eigenvalue weighted by molar-refractivity contribution is 6.36. The molecule has 4 heterocycles. The highest BCUT2D eigenvalue weighted by atomic mass is 35.5. The van der Waals surface area contributed by atoms with Gasteiger partial charge < -0.3 is 15.0 Å². The molecule has 0 unspecified atom stereocenters. The normalized spacial score (nSPS) is 17.7. The zero-order chi connectivity index (χ0) is 35.8. The van der Waals surface area contributed by atoms with Crippen LogP contribution in [0.1, 0.15) is 46.6 Å². The summed E-state index contributed by atoms with van der Waals surface area (Å²) in [5.74, 6) is -1.98. The van der Waals surface area contributed by atoms with Gasteiger partial charge in [0.25, 0.3) is 11.5 Å². The standard InChI is InChI=1S/C35H34ClF2N7O5/c1-17-23(39-31(47)30-33(48)42(3)34(49)43(4)41-30)10-9-21(37)26(17)28-22(38)8-7-20(29(28)36)24-12-19-6-11-25(27(19)32(40-24)50-5)45-15-35(16-45)13-44(14-35)18(2)46/h7-10,12,25H,6,11,13-16H2,1-5H3,(H,39,47)/t25-/m0/s1. The van der Waals surface area contributed by atoms with Gasteiger partial charge >= 0.3 is 5.69 Å². The zero-order valence-electron chi connectivity index (χ0n) is 28.1. The summed E-state index contributed by atoms with van der Waals surface area (Å²) in [7, 11) is 4.06. The Hall–Kier alpha value is -4.95. The maximum atomic E-state index is 15.6. The number of hydrogen-bond acceptors (Lipinski definition) is 8. The number of carbonyl (C=O) groups is 2. The summed E-state index contributed by atoms with van der Waals surface area (Å²) < 4.78 is 38.6. The molecule has 2 aromatic heterocycles. The number of fused-ring (bicyclic) bond motifs is 1. The van der Waals surface area contributed by atoms with Gasteiger partial charge in [0.05, 0.1) is 17.8 Å². The minimum atomic E-state index is -0.936. The van der Waals surface area contributed by atoms with Crippen molar-refractivity contribution in [3.8, 4) is 28.3 Å². The van der Waals surface area contributed by atoms with Crippen molar-refractivity contribution in [2.75, 3.05) is 38.6 Å². The number of nitrogens with zero attached hydrogens (tertiary/aromatic N) is 6. The maximum Gasteiger partial charge on any atom is 0.346 e. The summed E-state index contributed by atoms with van der Waals surface area (Å²) in [5, 5.41) is 6.24. The predicted molar refractivity (Wildman–Crippen MR) is 181 cm³/mol. The van der Waals surface area contributed by atoms with Crippen LogP contribution in [0, 0.1) is 24.0 Å². The number of likely N-dealkylation sites (tertiary alicyclic amines) is 2. The van der Waals surface area contributed by atoms with Gasteiger partial charge in [-0.25, -0.2) is 23.2 Å². The Kier molecular flexibility index (Phi) is 8.14. The summed E-state index contributed by atoms with van der Waals surface area (Å²) in [6, 6.07) is 7.04. The van der Waals surface area contributed by atoms with Crippen molar-refractivity contribution in [3.05, 3.63) is 90.2 Å². The van der Waals surface area contributed by atoms with Crippen molar-refractivity contribution in [2.24, 2.45) is 19.5 Å². The van der Waals surface area contributed by atoms with Gasteiger partial charge in [-0.2, -0.15) is 5.10 Å². The molecule has 2 fully saturated rings. The van der Waals surface area contributed by atoms with Gasteiger partial charge in [-0.1, -0.05) is 11.6 Å². The number of aromatic nitrogens is 4. The Morgan fingerprint density at radius 3 is 2.40 bits per heavy atom. The van der Waals surface area contributed by atoms with E-state index in [0.717, 1.165) is 65.5 Å². The van der Waals surface area contributed by atoms with Crippen LogP contribution in [0.15, 0.2) is 39.9 Å². The first-order chi connectivity index (χ1) is 23.7. The average Bonchev–Trinajstić information content (AvgIpc) is 3.46. The maximum absolute atomic E-state index is 15.6. The second-order valence-corrected chi connectivity index (χ2v) is 13.8. The van der Waals surface area contributed by atoms with Gasteiger partial charge in [0.15, 0.2) is 0 Å². The van der Waals surface area contributed by atoms with Gasteiger partial charge in [-0.15, -0.1) is 0 Å². The van der Waals surface area contributed by atoms with E-state index in [4.69, 9.17) is 21.3 Å². The van der Waals surface area contributed by atoms with Crippen molar-refractivity contribution in [3.63, 3.8) is 0 Å². The number of carbonyl (C=O) groups excluding carboxylic acids is 2. The van der Waals surface area contributed by atoms with E-state index in [9.17, 15) is 19.2 Å². The van der Waals surface area contributed by atoms with Gasteiger partial charge in [0.2, 0.25) is 17.5 Å². The Bertz CT molecular complexity index is 2240. The Balaban J connectivity index is 1.21. The van der Waals surface area contributed by atoms with Crippen LogP contribution in [0.3, 0.4) is 0 Å². The minimum absolute atomic E-state index is 0.0806. The van der Waals surface area contributed by atoms with E-state index in [1.54, 1.807) is 14.0 Å². The molecular formula is C35H34ClF2N7O5. The van der Waals surface area contributed by atoms with Crippen LogP contribution in [0.25, 0.3) is 22.4 Å². The molecule has 0 radical (unpaired) electrons. The van der Waals surface area contributed by atoms with E-state index in [0.29, 0.717) is 17.1 Å². The fourth-order valence-electron chi connectivity index (χ4n) is 7.59. The lowest BCUT2D eigenvalue weighted by Gasteiger charge is -2.61. The largest absolute Gasteiger partial charge is 0.481 e. The molecule has 0 saturated carbocycles. The summed E-state index contributed by atoms with van der Waals surface area (Å²) in [6.45, 7) is 6.42. The lowest BCUT2D eigenvalue weighted by atomic mass is 9.72. The van der Waals surface area contributed by atoms with Gasteiger partial charge in [-0.05, 0) is 61.2 Å². The highest BCUT2D eigenvalue weighted by Crippen LogP contribution is 2.50. The number of benzene rings is 2. The minimum Gasteiger partial charge on any atom is -0.481 e. The predicted octanol–water partition coefficient (Wildman–Crippen LogP) is 3.86. The first-order valence-electron chi connectivity index (χ1n) is 16.0. The molecule has 7 rings (SSSR count). The summed E-state index contributed by atoms with van der Waals surface area (Å²) in [4.78, 5) is 58.5. The SMILES string of the molecule is COc1nc(-c2ccc(F)c(-c3c(F)ccc(NC(=O)c4nn(C)c(=O)n(C)c4=O)c3C)c2Cl)cc2c1[C@@H](N1CC3(CN(C(C)=O)C3)C1)CC2. The number of nitrogens with one attached hydrogen (secondary N) is 1. The number of halogens is 3. The van der Waals surface area contributed by atoms with Crippen LogP contribution in [-0.4, -0.2) is 74.2 Å². The van der Waals surface area contributed by atoms with Crippen LogP contribution in [-0.2, 0) is 25.3 Å². The van der Waals surface area contributed by atoms with Crippen molar-refractivity contribution in [1.29, 1.82) is 0 Å². The number of anilines is 1. The third kappa shape index (κ3) is 5.28. The van der Waals surface area contributed by atoms with E-state index >= 15 is 8.78 Å². The molecule has 1 N–H and O–H groups in total. The fraction of sp³-hybridized carbons (Fsp3) is 0.371. The van der Waals surface area contributed by atoms with Crippen molar-refractivity contribution < 1.29 is 23.1 Å². The number of pyridine rings is 1. The molecule has 50 heavy (non-hydrogen) atoms. The third-order valence-corrected chi connectivity index (χ3v) is 10.5. The fourth-order valence-corrected chi connectivity index (χ4v) is 7.93. The highest BCUT2D eigenvalue weighted by Gasteiger charge is 2.55. The van der Waals surface area contributed by atoms with E-state index in [2.05, 4.69) is 15.3 Å². The van der Waals surface area contributed by atoms with E-state index in [1.807, 2.05) is 11.0 Å². The van der Waals surface area contributed by atoms with E-state index in [-0.39, 0.29) is 44.8 Å². The van der Waals surface area contributed by atoms with Gasteiger partial charge in [0, 0.05) is 86.6 Å². The number of hydrogen-bond donors (Lipinski definition) is 1. The van der Waals surface area contributed by atoms with E-state index in [1.165, 1.54) is 39.2 Å². The lowest BCUT2D eigenvalue weighted by molar-refractivity contribution is -0.161. The van der Waals surface area contributed by atoms with Crippen LogP contribution >= 0.6 is 11.6 Å². The van der Waals surface area contributed by atoms with Gasteiger partial charge in [-0.3, -0.25) is 23.9 Å². The molecule has 2 amide bonds. The summed E-state index contributed by atoms with van der Waals surface area (Å²) in [5.41, 5.74) is 0.605. The lowest BCUT2D eigenvalue weighted by Crippen LogP contribution is -2.72. The van der Waals surface area contributed by atoms with Crippen LogP contribution in [0.4, 0.5) is 14.5 Å².